The standard InChI is InChI=1S/C12H14NO4/c1-16-11(14)10(12(15)17-2)6-9-13-7-4-3-5-8-13/h3-8H,9H2,1-2H3/q+1. The number of pyridine rings is 1. The summed E-state index contributed by atoms with van der Waals surface area (Å²) in [4.78, 5) is 22.7. The molecule has 0 aliphatic rings. The van der Waals surface area contributed by atoms with E-state index in [1.165, 1.54) is 20.3 Å². The van der Waals surface area contributed by atoms with Gasteiger partial charge < -0.3 is 9.47 Å². The summed E-state index contributed by atoms with van der Waals surface area (Å²) in [6.45, 7) is 0.389. The van der Waals surface area contributed by atoms with Crippen molar-refractivity contribution in [2.24, 2.45) is 0 Å². The van der Waals surface area contributed by atoms with Gasteiger partial charge in [0.25, 0.3) is 0 Å². The zero-order valence-electron chi connectivity index (χ0n) is 9.75. The summed E-state index contributed by atoms with van der Waals surface area (Å²) in [5.74, 6) is -1.40. The van der Waals surface area contributed by atoms with E-state index in [0.717, 1.165) is 0 Å². The fraction of sp³-hybridized carbons (Fsp3) is 0.250. The van der Waals surface area contributed by atoms with Crippen LogP contribution < -0.4 is 4.57 Å². The molecule has 5 heteroatoms. The van der Waals surface area contributed by atoms with Gasteiger partial charge in [-0.05, 0) is 0 Å². The number of esters is 2. The van der Waals surface area contributed by atoms with E-state index in [1.807, 2.05) is 35.2 Å². The third kappa shape index (κ3) is 3.71. The molecule has 5 nitrogen and oxygen atoms in total. The molecule has 0 aliphatic carbocycles. The summed E-state index contributed by atoms with van der Waals surface area (Å²) in [7, 11) is 2.43. The summed E-state index contributed by atoms with van der Waals surface area (Å²) < 4.78 is 10.8. The van der Waals surface area contributed by atoms with Crippen molar-refractivity contribution >= 4 is 11.9 Å². The Morgan fingerprint density at radius 2 is 1.59 bits per heavy atom. The van der Waals surface area contributed by atoms with Gasteiger partial charge >= 0.3 is 11.9 Å². The molecule has 1 rings (SSSR count). The highest BCUT2D eigenvalue weighted by Crippen LogP contribution is 2.00. The smallest absolute Gasteiger partial charge is 0.345 e. The summed E-state index contributed by atoms with van der Waals surface area (Å²) in [6, 6.07) is 5.58. The second-order valence-electron chi connectivity index (χ2n) is 3.17. The maximum absolute atomic E-state index is 11.3. The van der Waals surface area contributed by atoms with Gasteiger partial charge in [-0.15, -0.1) is 0 Å². The first-order valence-electron chi connectivity index (χ1n) is 5.00. The predicted molar refractivity (Wildman–Crippen MR) is 58.8 cm³/mol. The van der Waals surface area contributed by atoms with Crippen LogP contribution in [0, 0.1) is 0 Å². The number of hydrogen-bond acceptors (Lipinski definition) is 4. The molecule has 0 aromatic carbocycles. The van der Waals surface area contributed by atoms with Crippen LogP contribution in [0.5, 0.6) is 0 Å². The first kappa shape index (κ1) is 12.9. The Morgan fingerprint density at radius 1 is 1.06 bits per heavy atom. The lowest BCUT2D eigenvalue weighted by Gasteiger charge is -2.01. The van der Waals surface area contributed by atoms with E-state index in [0.29, 0.717) is 6.54 Å². The fourth-order valence-electron chi connectivity index (χ4n) is 1.22. The van der Waals surface area contributed by atoms with E-state index in [2.05, 4.69) is 9.47 Å². The number of methoxy groups -OCH3 is 2. The van der Waals surface area contributed by atoms with Crippen molar-refractivity contribution in [3.8, 4) is 0 Å². The van der Waals surface area contributed by atoms with Crippen molar-refractivity contribution in [3.05, 3.63) is 42.2 Å². The monoisotopic (exact) mass is 236 g/mol. The predicted octanol–water partition coefficient (Wildman–Crippen LogP) is 0.246. The van der Waals surface area contributed by atoms with Gasteiger partial charge in [0.2, 0.25) is 0 Å². The fourth-order valence-corrected chi connectivity index (χ4v) is 1.22. The van der Waals surface area contributed by atoms with E-state index >= 15 is 0 Å². The van der Waals surface area contributed by atoms with Crippen LogP contribution in [0.15, 0.2) is 42.2 Å². The molecular weight excluding hydrogens is 222 g/mol. The molecule has 0 N–H and O–H groups in total. The molecule has 1 heterocycles. The van der Waals surface area contributed by atoms with E-state index in [1.54, 1.807) is 0 Å². The molecule has 0 aliphatic heterocycles. The first-order chi connectivity index (χ1) is 8.19. The molecule has 17 heavy (non-hydrogen) atoms. The van der Waals surface area contributed by atoms with Gasteiger partial charge in [-0.2, -0.15) is 0 Å². The van der Waals surface area contributed by atoms with Crippen molar-refractivity contribution in [2.75, 3.05) is 14.2 Å². The van der Waals surface area contributed by atoms with E-state index in [9.17, 15) is 9.59 Å². The molecule has 0 fully saturated rings. The van der Waals surface area contributed by atoms with Crippen LogP contribution in [0.1, 0.15) is 0 Å². The van der Waals surface area contributed by atoms with Gasteiger partial charge in [-0.3, -0.25) is 0 Å². The third-order valence-corrected chi connectivity index (χ3v) is 2.09. The van der Waals surface area contributed by atoms with E-state index in [4.69, 9.17) is 0 Å². The van der Waals surface area contributed by atoms with Gasteiger partial charge in [-0.25, -0.2) is 14.2 Å². The minimum atomic E-state index is -0.701. The number of hydrogen-bond donors (Lipinski definition) is 0. The highest BCUT2D eigenvalue weighted by Gasteiger charge is 2.19. The number of carbonyl (C=O) groups excluding carboxylic acids is 2. The first-order valence-corrected chi connectivity index (χ1v) is 5.00. The molecule has 0 radical (unpaired) electrons. The molecule has 1 aromatic heterocycles. The van der Waals surface area contributed by atoms with E-state index in [-0.39, 0.29) is 5.57 Å². The van der Waals surface area contributed by atoms with Crippen molar-refractivity contribution in [3.63, 3.8) is 0 Å². The Kier molecular flexibility index (Phi) is 4.87. The highest BCUT2D eigenvalue weighted by atomic mass is 16.5. The lowest BCUT2D eigenvalue weighted by atomic mass is 10.2. The van der Waals surface area contributed by atoms with Crippen LogP contribution in [0.4, 0.5) is 0 Å². The number of allylic oxidation sites excluding steroid dienone is 1. The second kappa shape index (κ2) is 6.42. The Balaban J connectivity index is 2.84. The summed E-state index contributed by atoms with van der Waals surface area (Å²) in [6.07, 6.45) is 5.11. The van der Waals surface area contributed by atoms with Crippen LogP contribution in [0.3, 0.4) is 0 Å². The summed E-state index contributed by atoms with van der Waals surface area (Å²) >= 11 is 0. The second-order valence-corrected chi connectivity index (χ2v) is 3.17. The van der Waals surface area contributed by atoms with Gasteiger partial charge in [0.05, 0.1) is 14.2 Å². The minimum Gasteiger partial charge on any atom is -0.465 e. The molecule has 0 saturated carbocycles. The number of ether oxygens (including phenoxy) is 2. The summed E-state index contributed by atoms with van der Waals surface area (Å²) in [5.41, 5.74) is -0.105. The van der Waals surface area contributed by atoms with E-state index < -0.39 is 11.9 Å². The van der Waals surface area contributed by atoms with Crippen molar-refractivity contribution < 1.29 is 23.6 Å². The Bertz CT molecular complexity index is 407. The highest BCUT2D eigenvalue weighted by molar-refractivity contribution is 6.13. The largest absolute Gasteiger partial charge is 0.465 e. The maximum Gasteiger partial charge on any atom is 0.345 e. The number of carbonyl (C=O) groups is 2. The zero-order valence-corrected chi connectivity index (χ0v) is 9.75. The molecule has 1 aromatic rings. The zero-order chi connectivity index (χ0) is 12.7. The average molecular weight is 236 g/mol. The normalized spacial score (nSPS) is 9.29. The van der Waals surface area contributed by atoms with Gasteiger partial charge in [-0.1, -0.05) is 6.07 Å². The Labute approximate surface area is 99.3 Å². The maximum atomic E-state index is 11.3. The van der Waals surface area contributed by atoms with Crippen LogP contribution in [-0.2, 0) is 25.6 Å². The van der Waals surface area contributed by atoms with Crippen molar-refractivity contribution in [1.82, 2.24) is 0 Å². The van der Waals surface area contributed by atoms with Crippen molar-refractivity contribution in [2.45, 2.75) is 6.54 Å². The number of aromatic nitrogens is 1. The average Bonchev–Trinajstić information content (AvgIpc) is 2.39. The lowest BCUT2D eigenvalue weighted by Crippen LogP contribution is -2.32. The Hall–Kier alpha value is -2.17. The van der Waals surface area contributed by atoms with Crippen LogP contribution >= 0.6 is 0 Å². The molecule has 0 bridgehead atoms. The number of nitrogens with zero attached hydrogens (tertiary/aromatic N) is 1. The summed E-state index contributed by atoms with van der Waals surface area (Å²) in [5, 5.41) is 0. The molecule has 0 atom stereocenters. The molecule has 0 amide bonds. The molecular formula is C12H14NO4+. The Morgan fingerprint density at radius 3 is 2.06 bits per heavy atom. The molecule has 0 unspecified atom stereocenters. The lowest BCUT2D eigenvalue weighted by molar-refractivity contribution is -0.687. The molecule has 0 spiro atoms. The minimum absolute atomic E-state index is 0.105. The van der Waals surface area contributed by atoms with Gasteiger partial charge in [0.1, 0.15) is 5.57 Å². The van der Waals surface area contributed by atoms with Crippen molar-refractivity contribution in [1.29, 1.82) is 0 Å². The SMILES string of the molecule is COC(=O)C(=CC[n+]1ccccc1)C(=O)OC. The van der Waals surface area contributed by atoms with Crippen LogP contribution in [-0.4, -0.2) is 26.2 Å². The third-order valence-electron chi connectivity index (χ3n) is 2.09. The van der Waals surface area contributed by atoms with Gasteiger partial charge in [0.15, 0.2) is 18.9 Å². The quantitative estimate of drug-likeness (QED) is 0.247. The number of rotatable bonds is 4. The van der Waals surface area contributed by atoms with Crippen LogP contribution in [0.2, 0.25) is 0 Å². The topological polar surface area (TPSA) is 56.5 Å². The van der Waals surface area contributed by atoms with Crippen LogP contribution in [0.25, 0.3) is 0 Å². The molecule has 90 valence electrons. The molecule has 0 saturated heterocycles. The van der Waals surface area contributed by atoms with Gasteiger partial charge in [0, 0.05) is 18.2 Å².